The van der Waals surface area contributed by atoms with Gasteiger partial charge in [-0.2, -0.15) is 0 Å². The van der Waals surface area contributed by atoms with Gasteiger partial charge in [0.2, 0.25) is 0 Å². The Labute approximate surface area is 236 Å². The van der Waals surface area contributed by atoms with Crippen molar-refractivity contribution in [3.63, 3.8) is 0 Å². The van der Waals surface area contributed by atoms with E-state index in [9.17, 15) is 31.5 Å². The molecule has 2 N–H and O–H groups in total. The minimum atomic E-state index is -4.14. The first kappa shape index (κ1) is 30.0. The quantitative estimate of drug-likeness (QED) is 0.309. The summed E-state index contributed by atoms with van der Waals surface area (Å²) in [5.41, 5.74) is 0.135. The fourth-order valence-electron chi connectivity index (χ4n) is 4.43. The van der Waals surface area contributed by atoms with E-state index in [0.717, 1.165) is 17.0 Å². The number of carboxylic acid groups (broad SMARTS) is 1. The highest BCUT2D eigenvalue weighted by Gasteiger charge is 2.61. The number of nitrogens with zero attached hydrogens (tertiary/aromatic N) is 3. The Morgan fingerprint density at radius 3 is 2.52 bits per heavy atom. The van der Waals surface area contributed by atoms with Crippen molar-refractivity contribution in [3.05, 3.63) is 61.9 Å². The summed E-state index contributed by atoms with van der Waals surface area (Å²) in [6.07, 6.45) is -1.47. The molecule has 1 aromatic heterocycles. The molecule has 0 aliphatic carbocycles. The van der Waals surface area contributed by atoms with Crippen molar-refractivity contribution in [2.24, 2.45) is 4.99 Å². The largest absolute Gasteiger partial charge is 0.480 e. The first-order valence-electron chi connectivity index (χ1n) is 11.7. The number of amidine groups is 1. The second-order valence-electron chi connectivity index (χ2n) is 8.87. The van der Waals surface area contributed by atoms with Crippen molar-refractivity contribution in [3.8, 4) is 0 Å². The van der Waals surface area contributed by atoms with E-state index >= 15 is 0 Å². The van der Waals surface area contributed by atoms with E-state index in [-0.39, 0.29) is 28.2 Å². The zero-order valence-electron chi connectivity index (χ0n) is 20.7. The molecule has 3 heterocycles. The van der Waals surface area contributed by atoms with Crippen LogP contribution in [0.1, 0.15) is 23.5 Å². The number of aliphatic carboxylic acids is 1. The minimum absolute atomic E-state index is 0.0450. The topological polar surface area (TPSA) is 113 Å². The number of benzene rings is 1. The summed E-state index contributed by atoms with van der Waals surface area (Å²) in [5.74, 6) is -11.3. The maximum atomic E-state index is 14.9. The summed E-state index contributed by atoms with van der Waals surface area (Å²) in [6.45, 7) is -2.86. The van der Waals surface area contributed by atoms with Gasteiger partial charge in [0.1, 0.15) is 18.5 Å². The van der Waals surface area contributed by atoms with Crippen molar-refractivity contribution < 1.29 is 46.1 Å². The fraction of sp³-hybridized carbons (Fsp3) is 0.417. The van der Waals surface area contributed by atoms with E-state index in [4.69, 9.17) is 9.84 Å². The van der Waals surface area contributed by atoms with Crippen molar-refractivity contribution in [2.75, 3.05) is 32.8 Å². The summed E-state index contributed by atoms with van der Waals surface area (Å²) < 4.78 is 83.2. The lowest BCUT2D eigenvalue weighted by molar-refractivity contribution is -0.267. The van der Waals surface area contributed by atoms with Crippen molar-refractivity contribution in [2.45, 2.75) is 30.9 Å². The molecular weight excluding hydrogens is 631 g/mol. The number of likely N-dealkylation sites (tertiary alicyclic amines) is 1. The van der Waals surface area contributed by atoms with Gasteiger partial charge >= 0.3 is 11.9 Å². The van der Waals surface area contributed by atoms with Crippen LogP contribution in [0.5, 0.6) is 0 Å². The molecule has 2 aliphatic heterocycles. The van der Waals surface area contributed by atoms with Gasteiger partial charge in [-0.3, -0.25) is 9.89 Å². The number of carbonyl (C=O) groups excluding carboxylic acids is 1. The summed E-state index contributed by atoms with van der Waals surface area (Å²) in [7, 11) is 0. The highest BCUT2D eigenvalue weighted by molar-refractivity contribution is 9.10. The van der Waals surface area contributed by atoms with E-state index in [1.807, 2.05) is 0 Å². The summed E-state index contributed by atoms with van der Waals surface area (Å²) in [5, 5.41) is 13.6. The molecule has 2 aliphatic rings. The second kappa shape index (κ2) is 11.9. The molecule has 2 aromatic rings. The average Bonchev–Trinajstić information content (AvgIpc) is 3.37. The van der Waals surface area contributed by atoms with Gasteiger partial charge in [0.15, 0.2) is 16.9 Å². The number of rotatable bonds is 9. The number of carbonyl (C=O) groups is 2. The molecule has 1 atom stereocenters. The molecule has 40 heavy (non-hydrogen) atoms. The lowest BCUT2D eigenvalue weighted by Crippen LogP contribution is -2.64. The third-order valence-corrected chi connectivity index (χ3v) is 7.37. The first-order chi connectivity index (χ1) is 18.8. The Balaban J connectivity index is 1.76. The third-order valence-electron chi connectivity index (χ3n) is 5.90. The van der Waals surface area contributed by atoms with E-state index in [0.29, 0.717) is 10.6 Å². The van der Waals surface area contributed by atoms with E-state index in [1.54, 1.807) is 12.3 Å². The summed E-state index contributed by atoms with van der Waals surface area (Å²) in [6, 6.07) is 2.54. The third kappa shape index (κ3) is 6.50. The Kier molecular flexibility index (Phi) is 8.92. The Morgan fingerprint density at radius 2 is 1.95 bits per heavy atom. The van der Waals surface area contributed by atoms with Gasteiger partial charge in [0, 0.05) is 28.3 Å². The number of carboxylic acids is 1. The van der Waals surface area contributed by atoms with Gasteiger partial charge in [-0.25, -0.2) is 36.5 Å². The molecule has 4 rings (SSSR count). The number of ether oxygens (including phenoxy) is 2. The Morgan fingerprint density at radius 1 is 1.25 bits per heavy atom. The number of alkyl halides is 4. The van der Waals surface area contributed by atoms with Crippen molar-refractivity contribution in [1.29, 1.82) is 0 Å². The maximum Gasteiger partial charge on any atom is 0.338 e. The monoisotopic (exact) mass is 652 g/mol. The van der Waals surface area contributed by atoms with Crippen molar-refractivity contribution in [1.82, 2.24) is 15.2 Å². The fourth-order valence-corrected chi connectivity index (χ4v) is 5.58. The highest BCUT2D eigenvalue weighted by Crippen LogP contribution is 2.41. The number of thiazole rings is 1. The van der Waals surface area contributed by atoms with Crippen LogP contribution in [0, 0.1) is 5.82 Å². The SMILES string of the molecule is CCOC(=O)C1=C(CN2CC(F)(F)C(OCC(=O)O)C(F)(F)C2)NC(c2nccs2)=NC1c1ccc(F)cc1Br. The van der Waals surface area contributed by atoms with Gasteiger partial charge in [-0.15, -0.1) is 11.3 Å². The zero-order chi connectivity index (χ0) is 29.2. The predicted molar refractivity (Wildman–Crippen MR) is 136 cm³/mol. The lowest BCUT2D eigenvalue weighted by Gasteiger charge is -2.43. The molecular formula is C24H22BrF5N4O5S. The highest BCUT2D eigenvalue weighted by atomic mass is 79.9. The Hall–Kier alpha value is -2.95. The minimum Gasteiger partial charge on any atom is -0.480 e. The van der Waals surface area contributed by atoms with Gasteiger partial charge in [0.05, 0.1) is 25.3 Å². The summed E-state index contributed by atoms with van der Waals surface area (Å²) in [4.78, 5) is 33.4. The van der Waals surface area contributed by atoms with Gasteiger partial charge < -0.3 is 19.9 Å². The average molecular weight is 653 g/mol. The number of hydrogen-bond acceptors (Lipinski definition) is 9. The number of aromatic nitrogens is 1. The standard InChI is InChI=1S/C24H22BrF5N4O5S/c1-2-38-21(37)17-15(8-34-10-23(27,28)22(24(29,30)11-34)39-9-16(35)36)32-19(20-31-5-6-40-20)33-18(17)13-4-3-12(26)7-14(13)25/h3-7,18,22H,2,8-11H2,1H3,(H,32,33)(H,35,36). The van der Waals surface area contributed by atoms with Crippen molar-refractivity contribution >= 4 is 45.0 Å². The van der Waals surface area contributed by atoms with Crippen LogP contribution in [-0.2, 0) is 19.1 Å². The number of halogens is 6. The Bertz CT molecular complexity index is 1320. The number of esters is 1. The predicted octanol–water partition coefficient (Wildman–Crippen LogP) is 4.01. The molecule has 0 radical (unpaired) electrons. The van der Waals surface area contributed by atoms with Crippen LogP contribution in [0.2, 0.25) is 0 Å². The maximum absolute atomic E-state index is 14.9. The smallest absolute Gasteiger partial charge is 0.338 e. The van der Waals surface area contributed by atoms with E-state index in [2.05, 4.69) is 36.0 Å². The molecule has 0 amide bonds. The van der Waals surface area contributed by atoms with Gasteiger partial charge in [0.25, 0.3) is 11.8 Å². The first-order valence-corrected chi connectivity index (χ1v) is 13.4. The van der Waals surface area contributed by atoms with Gasteiger partial charge in [-0.05, 0) is 24.6 Å². The molecule has 1 unspecified atom stereocenters. The van der Waals surface area contributed by atoms with E-state index in [1.165, 1.54) is 23.6 Å². The molecule has 0 spiro atoms. The molecule has 1 aromatic carbocycles. The molecule has 0 bridgehead atoms. The molecule has 16 heteroatoms. The lowest BCUT2D eigenvalue weighted by atomic mass is 9.94. The number of aliphatic imine (C=N–C) groups is 1. The van der Waals surface area contributed by atoms with Crippen LogP contribution in [-0.4, -0.2) is 83.6 Å². The van der Waals surface area contributed by atoms with Crippen LogP contribution >= 0.6 is 27.3 Å². The van der Waals surface area contributed by atoms with Crippen LogP contribution in [0.3, 0.4) is 0 Å². The van der Waals surface area contributed by atoms with Crippen LogP contribution in [0.25, 0.3) is 0 Å². The molecule has 9 nitrogen and oxygen atoms in total. The molecule has 1 saturated heterocycles. The second-order valence-corrected chi connectivity index (χ2v) is 10.6. The van der Waals surface area contributed by atoms with Gasteiger partial charge in [-0.1, -0.05) is 22.0 Å². The zero-order valence-corrected chi connectivity index (χ0v) is 23.1. The van der Waals surface area contributed by atoms with Crippen LogP contribution in [0.4, 0.5) is 22.0 Å². The normalized spacial score (nSPS) is 21.1. The molecule has 0 saturated carbocycles. The number of piperidine rings is 1. The molecule has 216 valence electrons. The van der Waals surface area contributed by atoms with Crippen LogP contribution < -0.4 is 5.32 Å². The number of hydrogen-bond donors (Lipinski definition) is 2. The summed E-state index contributed by atoms with van der Waals surface area (Å²) >= 11 is 4.44. The number of nitrogens with one attached hydrogen (secondary N) is 1. The molecule has 1 fully saturated rings. The van der Waals surface area contributed by atoms with E-state index < -0.39 is 68.0 Å². The van der Waals surface area contributed by atoms with Crippen LogP contribution in [0.15, 0.2) is 50.5 Å².